The van der Waals surface area contributed by atoms with Crippen molar-refractivity contribution in [3.8, 4) is 5.75 Å². The van der Waals surface area contributed by atoms with Gasteiger partial charge in [-0.1, -0.05) is 116 Å². The van der Waals surface area contributed by atoms with E-state index in [1.54, 1.807) is 23.9 Å². The predicted octanol–water partition coefficient (Wildman–Crippen LogP) is 7.91. The molecule has 0 aliphatic rings. The molecule has 1 aromatic carbocycles. The Morgan fingerprint density at radius 1 is 0.690 bits per heavy atom. The zero-order valence-corrected chi connectivity index (χ0v) is 37.0. The van der Waals surface area contributed by atoms with Crippen LogP contribution in [0.3, 0.4) is 0 Å². The van der Waals surface area contributed by atoms with Gasteiger partial charge in [-0.3, -0.25) is 28.8 Å². The molecule has 1 aromatic rings. The summed E-state index contributed by atoms with van der Waals surface area (Å²) in [5.41, 5.74) is 11.7. The summed E-state index contributed by atoms with van der Waals surface area (Å²) < 4.78 is 0. The van der Waals surface area contributed by atoms with Crippen molar-refractivity contribution in [1.82, 2.24) is 10.6 Å². The maximum atomic E-state index is 13.8. The average Bonchev–Trinajstić information content (AvgIpc) is 3.19. The number of hydrogen-bond acceptors (Lipinski definition) is 9. The second-order valence-electron chi connectivity index (χ2n) is 16.4. The number of benzene rings is 1. The number of phenols is 1. The number of carbonyl (C=O) groups excluding carboxylic acids is 6. The van der Waals surface area contributed by atoms with Gasteiger partial charge in [0.05, 0.1) is 12.6 Å². The van der Waals surface area contributed by atoms with E-state index in [0.717, 1.165) is 38.5 Å². The lowest BCUT2D eigenvalue weighted by Gasteiger charge is -2.23. The highest BCUT2D eigenvalue weighted by molar-refractivity contribution is 7.98. The average molecular weight is 831 g/mol. The van der Waals surface area contributed by atoms with Gasteiger partial charge in [-0.25, -0.2) is 0 Å². The van der Waals surface area contributed by atoms with E-state index in [-0.39, 0.29) is 80.0 Å². The highest BCUT2D eigenvalue weighted by Crippen LogP contribution is 2.21. The molecule has 4 atom stereocenters. The lowest BCUT2D eigenvalue weighted by Crippen LogP contribution is -2.46. The molecule has 0 unspecified atom stereocenters. The molecular formula is C46H78N4O7S. The molecule has 0 saturated carbocycles. The van der Waals surface area contributed by atoms with E-state index in [1.165, 1.54) is 76.3 Å². The second kappa shape index (κ2) is 33.6. The minimum Gasteiger partial charge on any atom is -0.508 e. The van der Waals surface area contributed by atoms with Gasteiger partial charge >= 0.3 is 0 Å². The van der Waals surface area contributed by atoms with Gasteiger partial charge < -0.3 is 27.2 Å². The number of phenolic OH excluding ortho intramolecular Hbond substituents is 1. The van der Waals surface area contributed by atoms with Crippen molar-refractivity contribution < 1.29 is 33.9 Å². The van der Waals surface area contributed by atoms with Crippen LogP contribution >= 0.6 is 11.8 Å². The van der Waals surface area contributed by atoms with E-state index < -0.39 is 29.7 Å². The van der Waals surface area contributed by atoms with E-state index in [2.05, 4.69) is 17.6 Å². The second-order valence-corrected chi connectivity index (χ2v) is 17.4. The third-order valence-electron chi connectivity index (χ3n) is 10.9. The van der Waals surface area contributed by atoms with Gasteiger partial charge in [0, 0.05) is 43.9 Å². The summed E-state index contributed by atoms with van der Waals surface area (Å²) in [6, 6.07) is 5.35. The molecule has 0 aromatic heterocycles. The van der Waals surface area contributed by atoms with Crippen molar-refractivity contribution in [2.45, 2.75) is 174 Å². The van der Waals surface area contributed by atoms with Crippen molar-refractivity contribution in [1.29, 1.82) is 0 Å². The standard InChI is InChI=1S/C46H78N4O7S/c1-4-5-6-7-8-9-10-11-12-13-14-15-16-20-40(52)32-37(27-29-58-3)45(56)49-34-41(53)33-38(31-36-21-23-39(51)24-22-36)46(57)50-42(25-26-44(48)55)43(54)30-35(2)19-17-18-28-47/h21-24,35,37-38,42,51H,4-20,25-34,47H2,1-3H3,(H2,48,55)(H,49,56)(H,50,57)/t35-,37-,38-,42+/m1/s1. The van der Waals surface area contributed by atoms with E-state index in [4.69, 9.17) is 11.5 Å². The molecule has 0 radical (unpaired) electrons. The van der Waals surface area contributed by atoms with Gasteiger partial charge in [0.25, 0.3) is 0 Å². The molecule has 0 spiro atoms. The van der Waals surface area contributed by atoms with E-state index in [9.17, 15) is 33.9 Å². The largest absolute Gasteiger partial charge is 0.508 e. The molecule has 0 heterocycles. The van der Waals surface area contributed by atoms with E-state index in [1.807, 2.05) is 13.2 Å². The maximum absolute atomic E-state index is 13.8. The number of nitrogens with one attached hydrogen (secondary N) is 2. The zero-order valence-electron chi connectivity index (χ0n) is 36.2. The number of carbonyl (C=O) groups is 6. The Kier molecular flexibility index (Phi) is 30.5. The molecule has 7 N–H and O–H groups in total. The third-order valence-corrected chi connectivity index (χ3v) is 11.5. The Bertz CT molecular complexity index is 1330. The van der Waals surface area contributed by atoms with Crippen molar-refractivity contribution in [3.63, 3.8) is 0 Å². The predicted molar refractivity (Wildman–Crippen MR) is 236 cm³/mol. The Labute approximate surface area is 354 Å². The molecule has 58 heavy (non-hydrogen) atoms. The molecule has 0 fully saturated rings. The first kappa shape index (κ1) is 52.8. The number of Topliss-reactive ketones (excluding diaryl/α,β-unsaturated/α-hetero) is 3. The normalized spacial score (nSPS) is 13.3. The van der Waals surface area contributed by atoms with Gasteiger partial charge in [0.2, 0.25) is 17.7 Å². The fraction of sp³-hybridized carbons (Fsp3) is 0.739. The van der Waals surface area contributed by atoms with Gasteiger partial charge in [0.15, 0.2) is 11.6 Å². The van der Waals surface area contributed by atoms with Crippen LogP contribution < -0.4 is 22.1 Å². The Morgan fingerprint density at radius 2 is 1.28 bits per heavy atom. The Hall–Kier alpha value is -3.25. The third kappa shape index (κ3) is 26.7. The molecule has 0 aliphatic carbocycles. The van der Waals surface area contributed by atoms with Crippen LogP contribution in [0.25, 0.3) is 0 Å². The van der Waals surface area contributed by atoms with Crippen LogP contribution in [-0.2, 0) is 35.2 Å². The SMILES string of the molecule is CCCCCCCCCCCCCCCC(=O)C[C@@H](CCSC)C(=O)NCC(=O)C[C@@H](Cc1ccc(O)cc1)C(=O)N[C@@H](CCC(N)=O)C(=O)C[C@H](C)CCCCN. The van der Waals surface area contributed by atoms with Gasteiger partial charge in [0.1, 0.15) is 11.5 Å². The minimum absolute atomic E-state index is 0.0425. The summed E-state index contributed by atoms with van der Waals surface area (Å²) in [4.78, 5) is 78.5. The molecule has 0 aliphatic heterocycles. The Morgan fingerprint density at radius 3 is 1.84 bits per heavy atom. The fourth-order valence-corrected chi connectivity index (χ4v) is 7.79. The van der Waals surface area contributed by atoms with E-state index >= 15 is 0 Å². The molecule has 3 amide bonds. The summed E-state index contributed by atoms with van der Waals surface area (Å²) in [5, 5.41) is 15.3. The van der Waals surface area contributed by atoms with Crippen LogP contribution in [0.2, 0.25) is 0 Å². The molecule has 12 heteroatoms. The summed E-state index contributed by atoms with van der Waals surface area (Å²) in [6.45, 7) is 4.48. The lowest BCUT2D eigenvalue weighted by molar-refractivity contribution is -0.133. The summed E-state index contributed by atoms with van der Waals surface area (Å²) in [5.74, 6) is -2.61. The number of nitrogens with two attached hydrogens (primary N) is 2. The van der Waals surface area contributed by atoms with Crippen LogP contribution in [0, 0.1) is 17.8 Å². The Balaban J connectivity index is 2.78. The molecular weight excluding hydrogens is 753 g/mol. The molecule has 11 nitrogen and oxygen atoms in total. The van der Waals surface area contributed by atoms with Crippen molar-refractivity contribution in [3.05, 3.63) is 29.8 Å². The van der Waals surface area contributed by atoms with Crippen LogP contribution in [0.4, 0.5) is 0 Å². The summed E-state index contributed by atoms with van der Waals surface area (Å²) in [6.07, 6.45) is 21.7. The minimum atomic E-state index is -0.955. The monoisotopic (exact) mass is 831 g/mol. The van der Waals surface area contributed by atoms with Crippen LogP contribution in [0.15, 0.2) is 24.3 Å². The van der Waals surface area contributed by atoms with Crippen LogP contribution in [0.5, 0.6) is 5.75 Å². The molecule has 330 valence electrons. The number of aromatic hydroxyl groups is 1. The fourth-order valence-electron chi connectivity index (χ4n) is 7.27. The number of hydrogen-bond donors (Lipinski definition) is 5. The van der Waals surface area contributed by atoms with E-state index in [0.29, 0.717) is 30.7 Å². The first-order chi connectivity index (χ1) is 27.9. The van der Waals surface area contributed by atoms with Crippen LogP contribution in [0.1, 0.15) is 167 Å². The summed E-state index contributed by atoms with van der Waals surface area (Å²) >= 11 is 1.60. The number of amides is 3. The van der Waals surface area contributed by atoms with Crippen molar-refractivity contribution in [2.75, 3.05) is 25.1 Å². The maximum Gasteiger partial charge on any atom is 0.224 e. The molecule has 1 rings (SSSR count). The quantitative estimate of drug-likeness (QED) is 0.0411. The van der Waals surface area contributed by atoms with Crippen molar-refractivity contribution >= 4 is 46.8 Å². The van der Waals surface area contributed by atoms with Crippen LogP contribution in [-0.4, -0.2) is 71.3 Å². The number of primary amides is 1. The zero-order chi connectivity index (χ0) is 43.0. The number of thioether (sulfide) groups is 1. The molecule has 0 saturated heterocycles. The number of ketones is 3. The first-order valence-corrected chi connectivity index (χ1v) is 23.7. The number of rotatable bonds is 38. The smallest absolute Gasteiger partial charge is 0.224 e. The molecule has 0 bridgehead atoms. The topological polar surface area (TPSA) is 199 Å². The van der Waals surface area contributed by atoms with Gasteiger partial charge in [-0.15, -0.1) is 0 Å². The number of unbranched alkanes of at least 4 members (excludes halogenated alkanes) is 13. The van der Waals surface area contributed by atoms with Crippen molar-refractivity contribution in [2.24, 2.45) is 29.2 Å². The van der Waals surface area contributed by atoms with Gasteiger partial charge in [-0.05, 0) is 74.3 Å². The highest BCUT2D eigenvalue weighted by Gasteiger charge is 2.29. The highest BCUT2D eigenvalue weighted by atomic mass is 32.2. The lowest BCUT2D eigenvalue weighted by atomic mass is 9.90. The summed E-state index contributed by atoms with van der Waals surface area (Å²) in [7, 11) is 0. The first-order valence-electron chi connectivity index (χ1n) is 22.3. The van der Waals surface area contributed by atoms with Gasteiger partial charge in [-0.2, -0.15) is 11.8 Å².